The van der Waals surface area contributed by atoms with E-state index in [1.54, 1.807) is 18.2 Å². The van der Waals surface area contributed by atoms with Crippen LogP contribution in [0.15, 0.2) is 42.6 Å². The Morgan fingerprint density at radius 2 is 1.97 bits per heavy atom. The predicted molar refractivity (Wildman–Crippen MR) is 105 cm³/mol. The number of aromatic amines is 1. The highest BCUT2D eigenvalue weighted by Crippen LogP contribution is 2.40. The molecule has 0 saturated heterocycles. The van der Waals surface area contributed by atoms with Gasteiger partial charge in [-0.15, -0.1) is 0 Å². The van der Waals surface area contributed by atoms with Gasteiger partial charge in [-0.2, -0.15) is 0 Å². The second kappa shape index (κ2) is 7.17. The molecule has 1 aliphatic carbocycles. The molecule has 0 amide bonds. The van der Waals surface area contributed by atoms with Gasteiger partial charge in [0.25, 0.3) is 6.43 Å². The molecule has 1 aromatic carbocycles. The number of H-pyrrole nitrogens is 1. The molecule has 0 spiro atoms. The van der Waals surface area contributed by atoms with Crippen molar-refractivity contribution < 1.29 is 18.0 Å². The number of rotatable bonds is 4. The maximum absolute atomic E-state index is 13.7. The van der Waals surface area contributed by atoms with Crippen LogP contribution in [0.3, 0.4) is 0 Å². The van der Waals surface area contributed by atoms with Crippen LogP contribution in [0.4, 0.5) is 13.2 Å². The van der Waals surface area contributed by atoms with Crippen LogP contribution in [0.2, 0.25) is 0 Å². The molecule has 0 unspecified atom stereocenters. The van der Waals surface area contributed by atoms with Crippen molar-refractivity contribution in [2.45, 2.75) is 39.5 Å². The number of carbonyl (C=O) groups excluding carboxylic acids is 1. The minimum absolute atomic E-state index is 0.0216. The van der Waals surface area contributed by atoms with E-state index < -0.39 is 6.43 Å². The Morgan fingerprint density at radius 3 is 2.69 bits per heavy atom. The van der Waals surface area contributed by atoms with Crippen LogP contribution < -0.4 is 0 Å². The van der Waals surface area contributed by atoms with Gasteiger partial charge in [0, 0.05) is 35.9 Å². The maximum Gasteiger partial charge on any atom is 0.280 e. The number of fused-ring (bicyclic) bond motifs is 1. The van der Waals surface area contributed by atoms with E-state index >= 15 is 0 Å². The van der Waals surface area contributed by atoms with Crippen LogP contribution in [-0.4, -0.2) is 15.8 Å². The largest absolute Gasteiger partial charge is 0.358 e. The summed E-state index contributed by atoms with van der Waals surface area (Å²) < 4.78 is 40.1. The summed E-state index contributed by atoms with van der Waals surface area (Å²) in [5, 5.41) is 0. The van der Waals surface area contributed by atoms with Crippen LogP contribution in [0, 0.1) is 11.2 Å². The van der Waals surface area contributed by atoms with Gasteiger partial charge in [0.2, 0.25) is 0 Å². The van der Waals surface area contributed by atoms with E-state index in [2.05, 4.69) is 9.97 Å². The molecule has 0 atom stereocenters. The second-order valence-corrected chi connectivity index (χ2v) is 8.35. The van der Waals surface area contributed by atoms with Crippen LogP contribution in [0.25, 0.3) is 11.3 Å². The van der Waals surface area contributed by atoms with Gasteiger partial charge in [-0.3, -0.25) is 9.78 Å². The predicted octanol–water partition coefficient (Wildman–Crippen LogP) is 5.90. The summed E-state index contributed by atoms with van der Waals surface area (Å²) in [6.45, 7) is 4.06. The van der Waals surface area contributed by atoms with Crippen LogP contribution >= 0.6 is 0 Å². The van der Waals surface area contributed by atoms with Crippen molar-refractivity contribution in [1.82, 2.24) is 9.97 Å². The lowest BCUT2D eigenvalue weighted by atomic mass is 9.75. The van der Waals surface area contributed by atoms with E-state index in [1.165, 1.54) is 24.4 Å². The fourth-order valence-electron chi connectivity index (χ4n) is 4.13. The molecule has 3 nitrogen and oxygen atoms in total. The molecule has 1 N–H and O–H groups in total. The number of ketones is 1. The molecule has 2 aromatic heterocycles. The number of nitrogens with one attached hydrogen (secondary N) is 1. The molecule has 150 valence electrons. The molecule has 0 radical (unpaired) electrons. The van der Waals surface area contributed by atoms with Gasteiger partial charge in [-0.1, -0.05) is 26.0 Å². The molecule has 6 heteroatoms. The van der Waals surface area contributed by atoms with Crippen LogP contribution in [-0.2, 0) is 12.8 Å². The summed E-state index contributed by atoms with van der Waals surface area (Å²) in [4.78, 5) is 20.0. The smallest absolute Gasteiger partial charge is 0.280 e. The molecule has 0 aliphatic heterocycles. The van der Waals surface area contributed by atoms with E-state index in [4.69, 9.17) is 0 Å². The van der Waals surface area contributed by atoms with Gasteiger partial charge in [0.1, 0.15) is 11.5 Å². The Kier molecular flexibility index (Phi) is 4.81. The van der Waals surface area contributed by atoms with Crippen molar-refractivity contribution in [2.24, 2.45) is 5.41 Å². The average molecular weight is 398 g/mol. The molecule has 0 bridgehead atoms. The highest BCUT2D eigenvalue weighted by molar-refractivity contribution is 6.02. The van der Waals surface area contributed by atoms with Crippen molar-refractivity contribution in [1.29, 1.82) is 0 Å². The number of pyridine rings is 1. The third kappa shape index (κ3) is 3.84. The quantitative estimate of drug-likeness (QED) is 0.595. The Hall–Kier alpha value is -2.89. The van der Waals surface area contributed by atoms with Gasteiger partial charge in [-0.05, 0) is 47.2 Å². The summed E-state index contributed by atoms with van der Waals surface area (Å²) >= 11 is 0. The summed E-state index contributed by atoms with van der Waals surface area (Å²) in [6.07, 6.45) is 0.0706. The third-order valence-corrected chi connectivity index (χ3v) is 5.32. The lowest BCUT2D eigenvalue weighted by Crippen LogP contribution is -2.27. The fraction of sp³-hybridized carbons (Fsp3) is 0.304. The molecular weight excluding hydrogens is 377 g/mol. The second-order valence-electron chi connectivity index (χ2n) is 8.35. The lowest BCUT2D eigenvalue weighted by Gasteiger charge is -2.28. The first-order valence-corrected chi connectivity index (χ1v) is 9.49. The van der Waals surface area contributed by atoms with E-state index in [-0.39, 0.29) is 22.7 Å². The maximum atomic E-state index is 13.7. The number of nitrogens with zero attached hydrogens (tertiary/aromatic N) is 1. The Morgan fingerprint density at radius 1 is 1.17 bits per heavy atom. The fourth-order valence-corrected chi connectivity index (χ4v) is 4.13. The van der Waals surface area contributed by atoms with Crippen LogP contribution in [0.1, 0.15) is 59.6 Å². The highest BCUT2D eigenvalue weighted by Gasteiger charge is 2.35. The first-order chi connectivity index (χ1) is 13.7. The SMILES string of the molecule is CC1(C)CC(=O)c2c([nH]c(-c3ccnc(C(F)F)c3)c2Cc2cccc(F)c2)C1. The number of alkyl halides is 2. The minimum atomic E-state index is -2.69. The Bertz CT molecular complexity index is 1090. The molecule has 3 aromatic rings. The Balaban J connectivity index is 1.88. The van der Waals surface area contributed by atoms with E-state index in [0.29, 0.717) is 41.6 Å². The molecule has 0 fully saturated rings. The first-order valence-electron chi connectivity index (χ1n) is 9.49. The summed E-state index contributed by atoms with van der Waals surface area (Å²) in [6, 6.07) is 9.19. The van der Waals surface area contributed by atoms with Gasteiger partial charge < -0.3 is 4.98 Å². The van der Waals surface area contributed by atoms with Crippen molar-refractivity contribution in [3.05, 3.63) is 76.5 Å². The zero-order chi connectivity index (χ0) is 20.8. The van der Waals surface area contributed by atoms with Crippen molar-refractivity contribution in [3.63, 3.8) is 0 Å². The third-order valence-electron chi connectivity index (χ3n) is 5.32. The van der Waals surface area contributed by atoms with Gasteiger partial charge in [-0.25, -0.2) is 13.2 Å². The highest BCUT2D eigenvalue weighted by atomic mass is 19.3. The Labute approximate surface area is 167 Å². The number of halogens is 3. The monoisotopic (exact) mass is 398 g/mol. The van der Waals surface area contributed by atoms with E-state index in [0.717, 1.165) is 11.3 Å². The molecule has 0 saturated carbocycles. The van der Waals surface area contributed by atoms with Crippen molar-refractivity contribution >= 4 is 5.78 Å². The molecular formula is C23H21F3N2O. The number of carbonyl (C=O) groups is 1. The zero-order valence-corrected chi connectivity index (χ0v) is 16.2. The molecule has 2 heterocycles. The van der Waals surface area contributed by atoms with Gasteiger partial charge >= 0.3 is 0 Å². The number of benzene rings is 1. The van der Waals surface area contributed by atoms with Gasteiger partial charge in [0.05, 0.1) is 5.69 Å². The molecule has 4 rings (SSSR count). The van der Waals surface area contributed by atoms with Crippen molar-refractivity contribution in [2.75, 3.05) is 0 Å². The normalized spacial score (nSPS) is 15.6. The molecule has 29 heavy (non-hydrogen) atoms. The number of hydrogen-bond acceptors (Lipinski definition) is 2. The standard InChI is InChI=1S/C23H21F3N2O/c1-23(2)11-18-20(19(29)12-23)16(9-13-4-3-5-15(24)8-13)21(28-18)14-6-7-27-17(10-14)22(25)26/h3-8,10,22,28H,9,11-12H2,1-2H3. The van der Waals surface area contributed by atoms with Crippen molar-refractivity contribution in [3.8, 4) is 11.3 Å². The summed E-state index contributed by atoms with van der Waals surface area (Å²) in [5.41, 5.74) is 3.51. The lowest BCUT2D eigenvalue weighted by molar-refractivity contribution is 0.0911. The minimum Gasteiger partial charge on any atom is -0.358 e. The number of hydrogen-bond donors (Lipinski definition) is 1. The number of aromatic nitrogens is 2. The summed E-state index contributed by atoms with van der Waals surface area (Å²) in [5.74, 6) is -0.335. The topological polar surface area (TPSA) is 45.8 Å². The van der Waals surface area contributed by atoms with E-state index in [9.17, 15) is 18.0 Å². The number of Topliss-reactive ketones (excluding diaryl/α,β-unsaturated/α-hetero) is 1. The first kappa shape index (κ1) is 19.4. The van der Waals surface area contributed by atoms with Crippen LogP contribution in [0.5, 0.6) is 0 Å². The van der Waals surface area contributed by atoms with Gasteiger partial charge in [0.15, 0.2) is 5.78 Å². The molecule has 1 aliphatic rings. The summed E-state index contributed by atoms with van der Waals surface area (Å²) in [7, 11) is 0. The van der Waals surface area contributed by atoms with E-state index in [1.807, 2.05) is 13.8 Å². The zero-order valence-electron chi connectivity index (χ0n) is 16.2. The average Bonchev–Trinajstić information content (AvgIpc) is 2.99.